The number of benzene rings is 1. The summed E-state index contributed by atoms with van der Waals surface area (Å²) in [6.07, 6.45) is 2.26. The molecule has 1 aliphatic heterocycles. The van der Waals surface area contributed by atoms with Gasteiger partial charge in [-0.15, -0.1) is 0 Å². The Morgan fingerprint density at radius 3 is 2.72 bits per heavy atom. The van der Waals surface area contributed by atoms with Crippen LogP contribution in [0.1, 0.15) is 29.6 Å². The second-order valence-electron chi connectivity index (χ2n) is 5.57. The predicted molar refractivity (Wildman–Crippen MR) is 89.5 cm³/mol. The lowest BCUT2D eigenvalue weighted by atomic mass is 10.1. The maximum atomic E-state index is 12.1. The van der Waals surface area contributed by atoms with Gasteiger partial charge in [-0.1, -0.05) is 0 Å². The maximum Gasteiger partial charge on any atom is 0.335 e. The molecule has 0 radical (unpaired) electrons. The van der Waals surface area contributed by atoms with E-state index >= 15 is 0 Å². The Bertz CT molecular complexity index is 611. The predicted octanol–water partition coefficient (Wildman–Crippen LogP) is 1.93. The molecule has 0 saturated carbocycles. The summed E-state index contributed by atoms with van der Waals surface area (Å²) >= 11 is 0. The van der Waals surface area contributed by atoms with Crippen molar-refractivity contribution >= 4 is 17.6 Å². The third-order valence-electron chi connectivity index (χ3n) is 3.80. The number of nitrogens with one attached hydrogen (secondary N) is 1. The molecule has 1 saturated heterocycles. The first-order chi connectivity index (χ1) is 12.0. The van der Waals surface area contributed by atoms with Crippen molar-refractivity contribution in [3.63, 3.8) is 0 Å². The van der Waals surface area contributed by atoms with E-state index in [1.54, 1.807) is 0 Å². The lowest BCUT2D eigenvalue weighted by molar-refractivity contribution is -0.117. The Labute approximate surface area is 146 Å². The van der Waals surface area contributed by atoms with E-state index in [0.717, 1.165) is 19.4 Å². The Balaban J connectivity index is 1.93. The molecular formula is C17H23NO7. The molecule has 0 spiro atoms. The molecular weight excluding hydrogens is 330 g/mol. The van der Waals surface area contributed by atoms with E-state index in [2.05, 4.69) is 5.32 Å². The van der Waals surface area contributed by atoms with Gasteiger partial charge in [0.25, 0.3) is 0 Å². The van der Waals surface area contributed by atoms with E-state index in [4.69, 9.17) is 24.1 Å². The van der Waals surface area contributed by atoms with E-state index in [1.807, 2.05) is 0 Å². The smallest absolute Gasteiger partial charge is 0.335 e. The van der Waals surface area contributed by atoms with Crippen LogP contribution in [-0.2, 0) is 14.3 Å². The summed E-state index contributed by atoms with van der Waals surface area (Å²) in [6, 6.07) is 2.66. The highest BCUT2D eigenvalue weighted by atomic mass is 16.5. The van der Waals surface area contributed by atoms with Gasteiger partial charge in [0.05, 0.1) is 51.2 Å². The van der Waals surface area contributed by atoms with Gasteiger partial charge in [-0.3, -0.25) is 4.79 Å². The van der Waals surface area contributed by atoms with Gasteiger partial charge in [0, 0.05) is 6.61 Å². The highest BCUT2D eigenvalue weighted by Crippen LogP contribution is 2.36. The quantitative estimate of drug-likeness (QED) is 0.654. The number of carbonyl (C=O) groups is 2. The zero-order valence-corrected chi connectivity index (χ0v) is 14.4. The Morgan fingerprint density at radius 1 is 1.32 bits per heavy atom. The number of aromatic carboxylic acids is 1. The summed E-state index contributed by atoms with van der Waals surface area (Å²) in [5.74, 6) is -0.944. The third kappa shape index (κ3) is 5.33. The Kier molecular flexibility index (Phi) is 7.03. The fraction of sp³-hybridized carbons (Fsp3) is 0.529. The first-order valence-electron chi connectivity index (χ1n) is 8.03. The lowest BCUT2D eigenvalue weighted by Crippen LogP contribution is -2.19. The van der Waals surface area contributed by atoms with Gasteiger partial charge in [-0.2, -0.15) is 0 Å². The van der Waals surface area contributed by atoms with Crippen LogP contribution in [0, 0.1) is 0 Å². The fourth-order valence-corrected chi connectivity index (χ4v) is 2.55. The number of carbonyl (C=O) groups excluding carboxylic acids is 1. The minimum absolute atomic E-state index is 0.0115. The number of carboxylic acid groups (broad SMARTS) is 1. The third-order valence-corrected chi connectivity index (χ3v) is 3.80. The number of ether oxygens (including phenoxy) is 4. The van der Waals surface area contributed by atoms with E-state index in [1.165, 1.54) is 26.4 Å². The van der Waals surface area contributed by atoms with Crippen molar-refractivity contribution in [2.24, 2.45) is 0 Å². The SMILES string of the molecule is COc1cc(C(=O)O)cc(NC(=O)CCOCC2CCCO2)c1OC. The minimum atomic E-state index is -1.13. The van der Waals surface area contributed by atoms with E-state index in [0.29, 0.717) is 6.61 Å². The summed E-state index contributed by atoms with van der Waals surface area (Å²) in [7, 11) is 2.81. The van der Waals surface area contributed by atoms with E-state index in [-0.39, 0.29) is 47.8 Å². The second-order valence-corrected chi connectivity index (χ2v) is 5.57. The van der Waals surface area contributed by atoms with Crippen LogP contribution in [0.5, 0.6) is 11.5 Å². The van der Waals surface area contributed by atoms with Gasteiger partial charge >= 0.3 is 5.97 Å². The molecule has 1 aliphatic rings. The summed E-state index contributed by atoms with van der Waals surface area (Å²) < 4.78 is 21.2. The molecule has 8 nitrogen and oxygen atoms in total. The van der Waals surface area contributed by atoms with Crippen molar-refractivity contribution in [1.29, 1.82) is 0 Å². The molecule has 1 aromatic rings. The van der Waals surface area contributed by atoms with Gasteiger partial charge in [-0.05, 0) is 25.0 Å². The van der Waals surface area contributed by atoms with Gasteiger partial charge in [0.1, 0.15) is 0 Å². The first-order valence-corrected chi connectivity index (χ1v) is 8.03. The van der Waals surface area contributed by atoms with Crippen molar-refractivity contribution in [3.8, 4) is 11.5 Å². The number of anilines is 1. The van der Waals surface area contributed by atoms with Crippen molar-refractivity contribution < 1.29 is 33.6 Å². The number of hydrogen-bond acceptors (Lipinski definition) is 6. The normalized spacial score (nSPS) is 16.5. The van der Waals surface area contributed by atoms with Crippen molar-refractivity contribution in [3.05, 3.63) is 17.7 Å². The first kappa shape index (κ1) is 19.0. The number of methoxy groups -OCH3 is 2. The van der Waals surface area contributed by atoms with Crippen molar-refractivity contribution in [2.75, 3.05) is 39.4 Å². The van der Waals surface area contributed by atoms with Gasteiger partial charge in [0.15, 0.2) is 11.5 Å². The van der Waals surface area contributed by atoms with Gasteiger partial charge in [-0.25, -0.2) is 4.79 Å². The minimum Gasteiger partial charge on any atom is -0.493 e. The zero-order chi connectivity index (χ0) is 18.2. The molecule has 138 valence electrons. The van der Waals surface area contributed by atoms with Crippen LogP contribution in [0.3, 0.4) is 0 Å². The van der Waals surface area contributed by atoms with E-state index in [9.17, 15) is 9.59 Å². The van der Waals surface area contributed by atoms with Gasteiger partial charge in [0.2, 0.25) is 5.91 Å². The summed E-state index contributed by atoms with van der Waals surface area (Å²) in [6.45, 7) is 1.48. The standard InChI is InChI=1S/C17H23NO7/c1-22-14-9-11(17(20)21)8-13(16(14)23-2)18-15(19)5-7-24-10-12-4-3-6-25-12/h8-9,12H,3-7,10H2,1-2H3,(H,18,19)(H,20,21). The highest BCUT2D eigenvalue weighted by molar-refractivity contribution is 5.96. The number of rotatable bonds is 9. The second kappa shape index (κ2) is 9.24. The zero-order valence-electron chi connectivity index (χ0n) is 14.4. The average Bonchev–Trinajstić information content (AvgIpc) is 3.11. The molecule has 0 aromatic heterocycles. The summed E-state index contributed by atoms with van der Waals surface area (Å²) in [4.78, 5) is 23.3. The van der Waals surface area contributed by atoms with Crippen LogP contribution in [0.4, 0.5) is 5.69 Å². The molecule has 1 atom stereocenters. The molecule has 1 aromatic carbocycles. The van der Waals surface area contributed by atoms with Gasteiger partial charge < -0.3 is 29.4 Å². The molecule has 8 heteroatoms. The lowest BCUT2D eigenvalue weighted by Gasteiger charge is -2.15. The highest BCUT2D eigenvalue weighted by Gasteiger charge is 2.18. The summed E-state index contributed by atoms with van der Waals surface area (Å²) in [5.41, 5.74) is 0.228. The molecule has 25 heavy (non-hydrogen) atoms. The Hall–Kier alpha value is -2.32. The maximum absolute atomic E-state index is 12.1. The number of amides is 1. The number of carboxylic acids is 1. The van der Waals surface area contributed by atoms with Crippen LogP contribution < -0.4 is 14.8 Å². The van der Waals surface area contributed by atoms with Crippen LogP contribution in [-0.4, -0.2) is 57.1 Å². The molecule has 2 rings (SSSR count). The largest absolute Gasteiger partial charge is 0.493 e. The fourth-order valence-electron chi connectivity index (χ4n) is 2.55. The van der Waals surface area contributed by atoms with Crippen LogP contribution in [0.15, 0.2) is 12.1 Å². The Morgan fingerprint density at radius 2 is 2.12 bits per heavy atom. The van der Waals surface area contributed by atoms with Crippen LogP contribution >= 0.6 is 0 Å². The van der Waals surface area contributed by atoms with Crippen molar-refractivity contribution in [1.82, 2.24) is 0 Å². The summed E-state index contributed by atoms with van der Waals surface area (Å²) in [5, 5.41) is 11.8. The topological polar surface area (TPSA) is 103 Å². The molecule has 1 amide bonds. The molecule has 2 N–H and O–H groups in total. The number of hydrogen-bond donors (Lipinski definition) is 2. The monoisotopic (exact) mass is 353 g/mol. The van der Waals surface area contributed by atoms with Crippen molar-refractivity contribution in [2.45, 2.75) is 25.4 Å². The van der Waals surface area contributed by atoms with E-state index < -0.39 is 5.97 Å². The molecule has 0 bridgehead atoms. The van der Waals surface area contributed by atoms with Crippen LogP contribution in [0.25, 0.3) is 0 Å². The molecule has 1 unspecified atom stereocenters. The average molecular weight is 353 g/mol. The molecule has 1 heterocycles. The van der Waals surface area contributed by atoms with Crippen LogP contribution in [0.2, 0.25) is 0 Å². The molecule has 0 aliphatic carbocycles. The molecule has 1 fully saturated rings.